The zero-order valence-corrected chi connectivity index (χ0v) is 14.7. The monoisotopic (exact) mass is 325 g/mol. The van der Waals surface area contributed by atoms with Crippen LogP contribution in [0.4, 0.5) is 0 Å². The van der Waals surface area contributed by atoms with Crippen molar-refractivity contribution in [1.82, 2.24) is 0 Å². The largest absolute Gasteiger partial charge is 0.389 e. The Hall–Kier alpha value is -1.40. The van der Waals surface area contributed by atoms with E-state index in [-0.39, 0.29) is 22.9 Å². The number of hydrogen-bond donors (Lipinski definition) is 1. The summed E-state index contributed by atoms with van der Waals surface area (Å²) in [6, 6.07) is 2.20. The van der Waals surface area contributed by atoms with E-state index in [4.69, 9.17) is 5.26 Å². The normalized spacial score (nSPS) is 49.0. The molecule has 3 fully saturated rings. The molecule has 128 valence electrons. The molecule has 6 atom stereocenters. The van der Waals surface area contributed by atoms with E-state index < -0.39 is 0 Å². The molecule has 0 radical (unpaired) electrons. The fourth-order valence-corrected chi connectivity index (χ4v) is 6.70. The lowest BCUT2D eigenvalue weighted by atomic mass is 9.47. The van der Waals surface area contributed by atoms with Gasteiger partial charge in [-0.1, -0.05) is 31.1 Å². The van der Waals surface area contributed by atoms with Gasteiger partial charge >= 0.3 is 0 Å². The van der Waals surface area contributed by atoms with Gasteiger partial charge in [-0.15, -0.1) is 0 Å². The van der Waals surface area contributed by atoms with Crippen LogP contribution in [0, 0.1) is 39.9 Å². The van der Waals surface area contributed by atoms with Crippen molar-refractivity contribution >= 4 is 5.78 Å². The van der Waals surface area contributed by atoms with Gasteiger partial charge in [0.2, 0.25) is 0 Å². The Balaban J connectivity index is 1.74. The van der Waals surface area contributed by atoms with Crippen molar-refractivity contribution in [3.05, 3.63) is 23.3 Å². The maximum atomic E-state index is 13.3. The smallest absolute Gasteiger partial charge is 0.138 e. The molecular formula is C21H27NO2. The standard InChI is InChI=1S/C21H27NO2/c1-20-9-7-15(23)11-14(20)3-5-16-17-6-4-13(8-10-22)21(17,2)12-18(24)19(16)20/h8,11,15-17,19,23H,3-7,9,12H2,1-2H3/b13-8-/t15-,16+,17+,19-,20+,21-/m1/s1. The molecule has 0 heterocycles. The van der Waals surface area contributed by atoms with E-state index in [9.17, 15) is 9.90 Å². The highest BCUT2D eigenvalue weighted by atomic mass is 16.3. The molecule has 0 aromatic carbocycles. The van der Waals surface area contributed by atoms with Gasteiger partial charge in [-0.2, -0.15) is 5.26 Å². The molecule has 0 aromatic rings. The van der Waals surface area contributed by atoms with Gasteiger partial charge in [-0.25, -0.2) is 0 Å². The Morgan fingerprint density at radius 2 is 2.04 bits per heavy atom. The molecule has 0 bridgehead atoms. The van der Waals surface area contributed by atoms with Crippen molar-refractivity contribution in [3.8, 4) is 6.07 Å². The van der Waals surface area contributed by atoms with Crippen LogP contribution < -0.4 is 0 Å². The summed E-state index contributed by atoms with van der Waals surface area (Å²) in [5.41, 5.74) is 2.37. The number of rotatable bonds is 0. The topological polar surface area (TPSA) is 61.1 Å². The highest BCUT2D eigenvalue weighted by molar-refractivity contribution is 5.85. The molecule has 4 aliphatic rings. The highest BCUT2D eigenvalue weighted by Crippen LogP contribution is 2.65. The second-order valence-corrected chi connectivity index (χ2v) is 8.90. The number of fused-ring (bicyclic) bond motifs is 5. The summed E-state index contributed by atoms with van der Waals surface area (Å²) in [6.45, 7) is 4.49. The van der Waals surface area contributed by atoms with Crippen LogP contribution in [0.2, 0.25) is 0 Å². The third kappa shape index (κ3) is 2.02. The summed E-state index contributed by atoms with van der Waals surface area (Å²) < 4.78 is 0. The molecule has 0 spiro atoms. The molecule has 0 aromatic heterocycles. The first-order valence-corrected chi connectivity index (χ1v) is 9.41. The summed E-state index contributed by atoms with van der Waals surface area (Å²) in [6.07, 6.45) is 9.89. The third-order valence-corrected chi connectivity index (χ3v) is 7.87. The Morgan fingerprint density at radius 3 is 2.79 bits per heavy atom. The molecule has 0 aliphatic heterocycles. The van der Waals surface area contributed by atoms with Gasteiger partial charge in [0, 0.05) is 18.4 Å². The number of carbonyl (C=O) groups excluding carboxylic acids is 1. The predicted molar refractivity (Wildman–Crippen MR) is 91.8 cm³/mol. The Bertz CT molecular complexity index is 684. The van der Waals surface area contributed by atoms with Crippen LogP contribution in [-0.2, 0) is 4.79 Å². The first-order valence-electron chi connectivity index (χ1n) is 9.41. The van der Waals surface area contributed by atoms with Crippen molar-refractivity contribution in [1.29, 1.82) is 5.26 Å². The maximum absolute atomic E-state index is 13.3. The predicted octanol–water partition coefficient (Wildman–Crippen LogP) is 3.94. The van der Waals surface area contributed by atoms with Crippen LogP contribution >= 0.6 is 0 Å². The summed E-state index contributed by atoms with van der Waals surface area (Å²) in [4.78, 5) is 13.3. The van der Waals surface area contributed by atoms with Crippen LogP contribution in [0.3, 0.4) is 0 Å². The number of nitrogens with zero attached hydrogens (tertiary/aromatic N) is 1. The minimum absolute atomic E-state index is 0.0533. The maximum Gasteiger partial charge on any atom is 0.138 e. The quantitative estimate of drug-likeness (QED) is 0.542. The number of nitriles is 1. The van der Waals surface area contributed by atoms with Crippen molar-refractivity contribution in [3.63, 3.8) is 0 Å². The molecule has 4 aliphatic carbocycles. The second-order valence-electron chi connectivity index (χ2n) is 8.90. The first-order chi connectivity index (χ1) is 11.4. The van der Waals surface area contributed by atoms with E-state index in [1.54, 1.807) is 6.08 Å². The molecule has 4 rings (SSSR count). The summed E-state index contributed by atoms with van der Waals surface area (Å²) >= 11 is 0. The van der Waals surface area contributed by atoms with Gasteiger partial charge < -0.3 is 5.11 Å². The van der Waals surface area contributed by atoms with Crippen molar-refractivity contribution in [2.24, 2.45) is 28.6 Å². The lowest BCUT2D eigenvalue weighted by molar-refractivity contribution is -0.142. The molecule has 3 nitrogen and oxygen atoms in total. The molecule has 0 amide bonds. The van der Waals surface area contributed by atoms with Gasteiger partial charge in [0.15, 0.2) is 0 Å². The zero-order valence-electron chi connectivity index (χ0n) is 14.7. The van der Waals surface area contributed by atoms with Crippen LogP contribution in [0.5, 0.6) is 0 Å². The summed E-state index contributed by atoms with van der Waals surface area (Å²) in [5.74, 6) is 1.49. The number of Topliss-reactive ketones (excluding diaryl/α,β-unsaturated/α-hetero) is 1. The van der Waals surface area contributed by atoms with E-state index in [1.165, 1.54) is 11.1 Å². The SMILES string of the molecule is C[C@]12CC[C@@H](O)C=C1CC[C@@H]1[C@@H]2C(=O)C[C@]2(C)/C(=C\C#N)CC[C@@H]12. The summed E-state index contributed by atoms with van der Waals surface area (Å²) in [7, 11) is 0. The molecule has 0 saturated heterocycles. The number of allylic oxidation sites excluding steroid dienone is 3. The van der Waals surface area contributed by atoms with Crippen molar-refractivity contribution in [2.45, 2.75) is 64.9 Å². The third-order valence-electron chi connectivity index (χ3n) is 7.87. The zero-order chi connectivity index (χ0) is 17.1. The van der Waals surface area contributed by atoms with Crippen LogP contribution in [0.25, 0.3) is 0 Å². The van der Waals surface area contributed by atoms with Crippen molar-refractivity contribution < 1.29 is 9.90 Å². The van der Waals surface area contributed by atoms with Gasteiger partial charge in [-0.3, -0.25) is 4.79 Å². The fraction of sp³-hybridized carbons (Fsp3) is 0.714. The molecule has 1 N–H and O–H groups in total. The molecular weight excluding hydrogens is 298 g/mol. The van der Waals surface area contributed by atoms with Gasteiger partial charge in [0.05, 0.1) is 12.2 Å². The molecule has 3 heteroatoms. The number of ketones is 1. The van der Waals surface area contributed by atoms with E-state index in [2.05, 4.69) is 19.9 Å². The first kappa shape index (κ1) is 16.1. The Labute approximate surface area is 144 Å². The molecule has 3 saturated carbocycles. The number of aliphatic hydroxyl groups is 1. The van der Waals surface area contributed by atoms with Crippen LogP contribution in [0.15, 0.2) is 23.3 Å². The lowest BCUT2D eigenvalue weighted by Gasteiger charge is -2.56. The van der Waals surface area contributed by atoms with Crippen LogP contribution in [-0.4, -0.2) is 17.0 Å². The number of aliphatic hydroxyl groups excluding tert-OH is 1. The fourth-order valence-electron chi connectivity index (χ4n) is 6.70. The Kier molecular flexibility index (Phi) is 3.55. The minimum atomic E-state index is -0.328. The van der Waals surface area contributed by atoms with E-state index in [0.29, 0.717) is 24.0 Å². The average molecular weight is 325 g/mol. The van der Waals surface area contributed by atoms with E-state index in [1.807, 2.05) is 6.08 Å². The van der Waals surface area contributed by atoms with E-state index >= 15 is 0 Å². The molecule has 24 heavy (non-hydrogen) atoms. The molecule has 0 unspecified atom stereocenters. The Morgan fingerprint density at radius 1 is 1.25 bits per heavy atom. The summed E-state index contributed by atoms with van der Waals surface area (Å²) in [5, 5.41) is 19.1. The van der Waals surface area contributed by atoms with E-state index in [0.717, 1.165) is 38.5 Å². The van der Waals surface area contributed by atoms with Crippen LogP contribution in [0.1, 0.15) is 58.8 Å². The van der Waals surface area contributed by atoms with Gasteiger partial charge in [-0.05, 0) is 61.2 Å². The average Bonchev–Trinajstić information content (AvgIpc) is 2.84. The lowest BCUT2D eigenvalue weighted by Crippen LogP contribution is -2.54. The second kappa shape index (κ2) is 5.30. The van der Waals surface area contributed by atoms with Gasteiger partial charge in [0.1, 0.15) is 5.78 Å². The van der Waals surface area contributed by atoms with Gasteiger partial charge in [0.25, 0.3) is 0 Å². The van der Waals surface area contributed by atoms with Crippen molar-refractivity contribution in [2.75, 3.05) is 0 Å². The highest BCUT2D eigenvalue weighted by Gasteiger charge is 2.60. The number of hydrogen-bond acceptors (Lipinski definition) is 3. The minimum Gasteiger partial charge on any atom is -0.389 e. The number of carbonyl (C=O) groups is 1.